The molecule has 0 fully saturated rings. The maximum atomic E-state index is 13.0. The minimum atomic E-state index is -4.41. The lowest BCUT2D eigenvalue weighted by Crippen LogP contribution is -2.17. The molecule has 0 unspecified atom stereocenters. The summed E-state index contributed by atoms with van der Waals surface area (Å²) in [5, 5.41) is 6.94. The van der Waals surface area contributed by atoms with Gasteiger partial charge in [0.1, 0.15) is 12.4 Å². The summed E-state index contributed by atoms with van der Waals surface area (Å²) in [6.45, 7) is -1.25. The largest absolute Gasteiger partial charge is 0.411 e. The molecule has 0 aliphatic carbocycles. The quantitative estimate of drug-likeness (QED) is 0.470. The number of ether oxygens (including phenoxy) is 1. The predicted molar refractivity (Wildman–Crippen MR) is 106 cm³/mol. The van der Waals surface area contributed by atoms with Crippen LogP contribution in [0.3, 0.4) is 0 Å². The van der Waals surface area contributed by atoms with Gasteiger partial charge in [0.2, 0.25) is 0 Å². The van der Waals surface area contributed by atoms with Crippen LogP contribution in [0.15, 0.2) is 59.2 Å². The number of amides is 1. The molecule has 0 aliphatic rings. The molecule has 0 aliphatic heterocycles. The minimum absolute atomic E-state index is 0.253. The summed E-state index contributed by atoms with van der Waals surface area (Å²) in [7, 11) is 0. The van der Waals surface area contributed by atoms with Gasteiger partial charge in [0.05, 0.1) is 17.6 Å². The predicted octanol–water partition coefficient (Wildman–Crippen LogP) is 5.16. The van der Waals surface area contributed by atoms with Crippen molar-refractivity contribution in [1.29, 1.82) is 0 Å². The molecule has 0 saturated heterocycles. The van der Waals surface area contributed by atoms with Gasteiger partial charge in [-0.05, 0) is 51.3 Å². The van der Waals surface area contributed by atoms with E-state index in [9.17, 15) is 22.4 Å². The van der Waals surface area contributed by atoms with Crippen molar-refractivity contribution in [1.82, 2.24) is 9.78 Å². The van der Waals surface area contributed by atoms with Crippen LogP contribution in [-0.4, -0.2) is 28.5 Å². The number of nitrogens with zero attached hydrogens (tertiary/aromatic N) is 2. The standard InChI is InChI=1S/C20H16BrF4N3O2/c21-17-10-28(9-13-4-6-16(22)7-5-13)27-18(17)26-19(29)15-3-1-2-14(8-15)11-30-12-20(23,24)25/h1-8,10H,9,11-12H2,(H,26,27,29). The number of benzene rings is 2. The Bertz CT molecular complexity index is 1020. The first-order valence-electron chi connectivity index (χ1n) is 8.72. The van der Waals surface area contributed by atoms with Crippen molar-refractivity contribution in [3.63, 3.8) is 0 Å². The fraction of sp³-hybridized carbons (Fsp3) is 0.200. The normalized spacial score (nSPS) is 11.5. The van der Waals surface area contributed by atoms with Gasteiger partial charge in [-0.2, -0.15) is 18.3 Å². The van der Waals surface area contributed by atoms with Gasteiger partial charge in [0.15, 0.2) is 5.82 Å². The third-order valence-electron chi connectivity index (χ3n) is 3.93. The molecular formula is C20H16BrF4N3O2. The number of aromatic nitrogens is 2. The van der Waals surface area contributed by atoms with Gasteiger partial charge in [0, 0.05) is 11.8 Å². The lowest BCUT2D eigenvalue weighted by molar-refractivity contribution is -0.176. The molecule has 1 heterocycles. The number of carbonyl (C=O) groups excluding carboxylic acids is 1. The molecule has 1 amide bonds. The van der Waals surface area contributed by atoms with Gasteiger partial charge < -0.3 is 10.1 Å². The minimum Gasteiger partial charge on any atom is -0.367 e. The molecule has 10 heteroatoms. The van der Waals surface area contributed by atoms with Gasteiger partial charge >= 0.3 is 6.18 Å². The van der Waals surface area contributed by atoms with E-state index in [1.165, 1.54) is 24.3 Å². The lowest BCUT2D eigenvalue weighted by atomic mass is 10.1. The van der Waals surface area contributed by atoms with Gasteiger partial charge in [-0.15, -0.1) is 0 Å². The van der Waals surface area contributed by atoms with Crippen LogP contribution in [0.2, 0.25) is 0 Å². The van der Waals surface area contributed by atoms with Gasteiger partial charge in [-0.1, -0.05) is 24.3 Å². The number of halogens is 5. The Labute approximate surface area is 177 Å². The molecule has 0 saturated carbocycles. The highest BCUT2D eigenvalue weighted by atomic mass is 79.9. The molecule has 30 heavy (non-hydrogen) atoms. The van der Waals surface area contributed by atoms with E-state index < -0.39 is 18.7 Å². The van der Waals surface area contributed by atoms with Crippen molar-refractivity contribution >= 4 is 27.7 Å². The van der Waals surface area contributed by atoms with E-state index in [2.05, 4.69) is 31.1 Å². The monoisotopic (exact) mass is 485 g/mol. The number of rotatable bonds is 7. The molecule has 2 aromatic carbocycles. The van der Waals surface area contributed by atoms with Crippen LogP contribution >= 0.6 is 15.9 Å². The Hall–Kier alpha value is -2.72. The maximum absolute atomic E-state index is 13.0. The second-order valence-corrected chi connectivity index (χ2v) is 7.27. The Morgan fingerprint density at radius 1 is 1.13 bits per heavy atom. The number of nitrogens with one attached hydrogen (secondary N) is 1. The summed E-state index contributed by atoms with van der Waals surface area (Å²) in [5.41, 5.74) is 1.52. The first kappa shape index (κ1) is 22.0. The zero-order valence-electron chi connectivity index (χ0n) is 15.4. The second kappa shape index (κ2) is 9.40. The number of carbonyl (C=O) groups is 1. The molecule has 1 N–H and O–H groups in total. The summed E-state index contributed by atoms with van der Waals surface area (Å²) in [4.78, 5) is 12.5. The fourth-order valence-corrected chi connectivity index (χ4v) is 3.02. The molecule has 3 rings (SSSR count). The topological polar surface area (TPSA) is 56.2 Å². The number of alkyl halides is 3. The molecule has 3 aromatic rings. The smallest absolute Gasteiger partial charge is 0.367 e. The Kier molecular flexibility index (Phi) is 6.88. The molecule has 0 radical (unpaired) electrons. The molecule has 1 aromatic heterocycles. The van der Waals surface area contributed by atoms with Crippen LogP contribution in [0.1, 0.15) is 21.5 Å². The van der Waals surface area contributed by atoms with Crippen LogP contribution in [0.25, 0.3) is 0 Å². The SMILES string of the molecule is O=C(Nc1nn(Cc2ccc(F)cc2)cc1Br)c1cccc(COCC(F)(F)F)c1. The highest BCUT2D eigenvalue weighted by molar-refractivity contribution is 9.10. The third-order valence-corrected chi connectivity index (χ3v) is 4.51. The number of hydrogen-bond donors (Lipinski definition) is 1. The number of anilines is 1. The Morgan fingerprint density at radius 2 is 1.87 bits per heavy atom. The van der Waals surface area contributed by atoms with E-state index in [0.717, 1.165) is 5.56 Å². The fourth-order valence-electron chi connectivity index (χ4n) is 2.61. The maximum Gasteiger partial charge on any atom is 0.411 e. The van der Waals surface area contributed by atoms with E-state index in [-0.39, 0.29) is 23.8 Å². The van der Waals surface area contributed by atoms with E-state index in [1.807, 2.05) is 0 Å². The van der Waals surface area contributed by atoms with Gasteiger partial charge in [-0.25, -0.2) is 4.39 Å². The zero-order valence-corrected chi connectivity index (χ0v) is 17.0. The van der Waals surface area contributed by atoms with Gasteiger partial charge in [0.25, 0.3) is 5.91 Å². The highest BCUT2D eigenvalue weighted by Crippen LogP contribution is 2.22. The summed E-state index contributed by atoms with van der Waals surface area (Å²) in [6, 6.07) is 12.1. The molecule has 5 nitrogen and oxygen atoms in total. The molecule has 158 valence electrons. The van der Waals surface area contributed by atoms with Crippen molar-refractivity contribution in [3.8, 4) is 0 Å². The lowest BCUT2D eigenvalue weighted by Gasteiger charge is -2.09. The van der Waals surface area contributed by atoms with Gasteiger partial charge in [-0.3, -0.25) is 9.48 Å². The third kappa shape index (κ3) is 6.39. The average Bonchev–Trinajstić information content (AvgIpc) is 3.01. The summed E-state index contributed by atoms with van der Waals surface area (Å²) >= 11 is 3.33. The zero-order chi connectivity index (χ0) is 21.7. The van der Waals surface area contributed by atoms with Crippen LogP contribution < -0.4 is 5.32 Å². The van der Waals surface area contributed by atoms with E-state index in [4.69, 9.17) is 0 Å². The van der Waals surface area contributed by atoms with Crippen molar-refractivity contribution in [2.24, 2.45) is 0 Å². The Morgan fingerprint density at radius 3 is 2.57 bits per heavy atom. The van der Waals surface area contributed by atoms with E-state index >= 15 is 0 Å². The number of hydrogen-bond acceptors (Lipinski definition) is 3. The van der Waals surface area contributed by atoms with Crippen LogP contribution in [-0.2, 0) is 17.9 Å². The van der Waals surface area contributed by atoms with Crippen molar-refractivity contribution < 1.29 is 27.1 Å². The molecule has 0 bridgehead atoms. The van der Waals surface area contributed by atoms with E-state index in [1.54, 1.807) is 35.1 Å². The summed E-state index contributed by atoms with van der Waals surface area (Å²) < 4.78 is 56.3. The second-order valence-electron chi connectivity index (χ2n) is 6.41. The molecule has 0 spiro atoms. The van der Waals surface area contributed by atoms with Crippen molar-refractivity contribution in [2.45, 2.75) is 19.3 Å². The van der Waals surface area contributed by atoms with Crippen molar-refractivity contribution in [2.75, 3.05) is 11.9 Å². The van der Waals surface area contributed by atoms with Crippen molar-refractivity contribution in [3.05, 3.63) is 81.7 Å². The van der Waals surface area contributed by atoms with Crippen LogP contribution in [0, 0.1) is 5.82 Å². The van der Waals surface area contributed by atoms with Crippen LogP contribution in [0.5, 0.6) is 0 Å². The summed E-state index contributed by atoms with van der Waals surface area (Å²) in [5.74, 6) is -0.527. The van der Waals surface area contributed by atoms with E-state index in [0.29, 0.717) is 16.6 Å². The molecular weight excluding hydrogens is 470 g/mol. The summed E-state index contributed by atoms with van der Waals surface area (Å²) in [6.07, 6.45) is -2.74. The average molecular weight is 486 g/mol. The first-order valence-corrected chi connectivity index (χ1v) is 9.51. The van der Waals surface area contributed by atoms with Crippen LogP contribution in [0.4, 0.5) is 23.4 Å². The highest BCUT2D eigenvalue weighted by Gasteiger charge is 2.27. The first-order chi connectivity index (χ1) is 14.2. The molecule has 0 atom stereocenters. The Balaban J connectivity index is 1.63.